The number of hydrogen-bond acceptors (Lipinski definition) is 3. The zero-order valence-corrected chi connectivity index (χ0v) is 21.7. The number of anilines is 3. The standard InChI is InChI=1S/C37H24N2O/c1-2-10-25(11-3-1)26-18-20-28(21-19-26)39(37-36-32-16-8-9-17-34(32)40-35(36)22-23-38-37)33-24-27-12-4-5-13-29(27)30-14-6-7-15-31(30)33/h1-24H. The lowest BCUT2D eigenvalue weighted by Crippen LogP contribution is -2.12. The van der Waals surface area contributed by atoms with Gasteiger partial charge in [-0.25, -0.2) is 4.98 Å². The van der Waals surface area contributed by atoms with Crippen LogP contribution < -0.4 is 4.90 Å². The van der Waals surface area contributed by atoms with Gasteiger partial charge in [0.2, 0.25) is 0 Å². The molecule has 188 valence electrons. The molecule has 3 nitrogen and oxygen atoms in total. The average molecular weight is 513 g/mol. The molecule has 8 aromatic rings. The first-order valence-corrected chi connectivity index (χ1v) is 13.5. The Morgan fingerprint density at radius 2 is 1.15 bits per heavy atom. The van der Waals surface area contributed by atoms with E-state index in [1.165, 1.54) is 32.7 Å². The average Bonchev–Trinajstić information content (AvgIpc) is 3.41. The van der Waals surface area contributed by atoms with Crippen LogP contribution in [0.1, 0.15) is 0 Å². The van der Waals surface area contributed by atoms with Crippen LogP contribution in [0, 0.1) is 0 Å². The Balaban J connectivity index is 1.45. The highest BCUT2D eigenvalue weighted by atomic mass is 16.3. The highest BCUT2D eigenvalue weighted by Crippen LogP contribution is 2.45. The van der Waals surface area contributed by atoms with Crippen molar-refractivity contribution in [3.63, 3.8) is 0 Å². The van der Waals surface area contributed by atoms with E-state index in [0.29, 0.717) is 0 Å². The third-order valence-electron chi connectivity index (χ3n) is 7.70. The Kier molecular flexibility index (Phi) is 5.14. The lowest BCUT2D eigenvalue weighted by Gasteiger charge is -2.27. The number of furan rings is 1. The van der Waals surface area contributed by atoms with Gasteiger partial charge < -0.3 is 4.42 Å². The van der Waals surface area contributed by atoms with Crippen molar-refractivity contribution >= 4 is 60.7 Å². The summed E-state index contributed by atoms with van der Waals surface area (Å²) in [4.78, 5) is 7.30. The lowest BCUT2D eigenvalue weighted by molar-refractivity contribution is 0.668. The van der Waals surface area contributed by atoms with Gasteiger partial charge in [0.15, 0.2) is 0 Å². The molecule has 0 saturated heterocycles. The Bertz CT molecular complexity index is 2160. The van der Waals surface area contributed by atoms with Gasteiger partial charge >= 0.3 is 0 Å². The number of hydrogen-bond donors (Lipinski definition) is 0. The molecular formula is C37H24N2O. The minimum absolute atomic E-state index is 0.821. The van der Waals surface area contributed by atoms with Crippen LogP contribution in [0.15, 0.2) is 150 Å². The van der Waals surface area contributed by atoms with Crippen molar-refractivity contribution in [1.82, 2.24) is 4.98 Å². The molecule has 8 rings (SSSR count). The third kappa shape index (κ3) is 3.56. The zero-order valence-electron chi connectivity index (χ0n) is 21.7. The number of pyridine rings is 1. The second kappa shape index (κ2) is 9.11. The van der Waals surface area contributed by atoms with Crippen molar-refractivity contribution in [3.8, 4) is 11.1 Å². The van der Waals surface area contributed by atoms with Crippen LogP contribution in [0.25, 0.3) is 54.6 Å². The maximum absolute atomic E-state index is 6.28. The van der Waals surface area contributed by atoms with Crippen molar-refractivity contribution in [1.29, 1.82) is 0 Å². The highest BCUT2D eigenvalue weighted by Gasteiger charge is 2.23. The van der Waals surface area contributed by atoms with E-state index in [4.69, 9.17) is 9.40 Å². The number of para-hydroxylation sites is 1. The van der Waals surface area contributed by atoms with Crippen LogP contribution in [0.3, 0.4) is 0 Å². The molecule has 0 aliphatic rings. The van der Waals surface area contributed by atoms with E-state index in [0.717, 1.165) is 39.1 Å². The zero-order chi connectivity index (χ0) is 26.5. The summed E-state index contributed by atoms with van der Waals surface area (Å²) in [7, 11) is 0. The quantitative estimate of drug-likeness (QED) is 0.220. The van der Waals surface area contributed by atoms with E-state index in [1.54, 1.807) is 0 Å². The van der Waals surface area contributed by atoms with Gasteiger partial charge in [-0.05, 0) is 57.6 Å². The second-order valence-electron chi connectivity index (χ2n) is 10.0. The van der Waals surface area contributed by atoms with E-state index < -0.39 is 0 Å². The van der Waals surface area contributed by atoms with Crippen LogP contribution in [0.2, 0.25) is 0 Å². The van der Waals surface area contributed by atoms with E-state index in [9.17, 15) is 0 Å². The van der Waals surface area contributed by atoms with Gasteiger partial charge in [-0.1, -0.05) is 109 Å². The first-order valence-electron chi connectivity index (χ1n) is 13.5. The van der Waals surface area contributed by atoms with Gasteiger partial charge in [-0.3, -0.25) is 4.90 Å². The summed E-state index contributed by atoms with van der Waals surface area (Å²) in [5.41, 5.74) is 6.15. The van der Waals surface area contributed by atoms with E-state index in [2.05, 4.69) is 120 Å². The molecule has 0 atom stereocenters. The SMILES string of the molecule is c1ccc(-c2ccc(N(c3cc4ccccc4c4ccccc34)c3nccc4oc5ccccc5c34)cc2)cc1. The molecule has 3 heteroatoms. The molecule has 0 bridgehead atoms. The molecule has 2 heterocycles. The Morgan fingerprint density at radius 3 is 1.98 bits per heavy atom. The Hall–Kier alpha value is -5.41. The number of nitrogens with zero attached hydrogens (tertiary/aromatic N) is 2. The number of aromatic nitrogens is 1. The summed E-state index contributed by atoms with van der Waals surface area (Å²) >= 11 is 0. The van der Waals surface area contributed by atoms with Crippen molar-refractivity contribution < 1.29 is 4.42 Å². The molecule has 0 saturated carbocycles. The maximum Gasteiger partial charge on any atom is 0.149 e. The van der Waals surface area contributed by atoms with Crippen molar-refractivity contribution in [2.24, 2.45) is 0 Å². The molecule has 0 spiro atoms. The van der Waals surface area contributed by atoms with E-state index in [-0.39, 0.29) is 0 Å². The summed E-state index contributed by atoms with van der Waals surface area (Å²) < 4.78 is 6.28. The molecule has 40 heavy (non-hydrogen) atoms. The molecule has 0 aliphatic carbocycles. The van der Waals surface area contributed by atoms with E-state index >= 15 is 0 Å². The largest absolute Gasteiger partial charge is 0.456 e. The molecule has 6 aromatic carbocycles. The molecule has 2 aromatic heterocycles. The fourth-order valence-electron chi connectivity index (χ4n) is 5.85. The highest BCUT2D eigenvalue weighted by molar-refractivity contribution is 6.17. The summed E-state index contributed by atoms with van der Waals surface area (Å²) in [6.45, 7) is 0. The van der Waals surface area contributed by atoms with Gasteiger partial charge in [0.25, 0.3) is 0 Å². The summed E-state index contributed by atoms with van der Waals surface area (Å²) in [6.07, 6.45) is 1.84. The summed E-state index contributed by atoms with van der Waals surface area (Å²) in [5, 5.41) is 6.86. The number of fused-ring (bicyclic) bond motifs is 6. The van der Waals surface area contributed by atoms with Crippen LogP contribution >= 0.6 is 0 Å². The van der Waals surface area contributed by atoms with Gasteiger partial charge in [-0.15, -0.1) is 0 Å². The third-order valence-corrected chi connectivity index (χ3v) is 7.70. The summed E-state index contributed by atoms with van der Waals surface area (Å²) in [5.74, 6) is 0.843. The number of benzene rings is 6. The molecule has 0 fully saturated rings. The lowest BCUT2D eigenvalue weighted by atomic mass is 9.98. The van der Waals surface area contributed by atoms with Crippen molar-refractivity contribution in [2.75, 3.05) is 4.90 Å². The van der Waals surface area contributed by atoms with Crippen LogP contribution in [-0.2, 0) is 0 Å². The predicted octanol–water partition coefficient (Wildman–Crippen LogP) is 10.4. The van der Waals surface area contributed by atoms with Crippen molar-refractivity contribution in [2.45, 2.75) is 0 Å². The fourth-order valence-corrected chi connectivity index (χ4v) is 5.85. The molecule has 0 N–H and O–H groups in total. The Labute approximate surface area is 231 Å². The van der Waals surface area contributed by atoms with Crippen LogP contribution in [0.5, 0.6) is 0 Å². The van der Waals surface area contributed by atoms with E-state index in [1.807, 2.05) is 30.5 Å². The molecule has 0 amide bonds. The topological polar surface area (TPSA) is 29.3 Å². The first-order chi connectivity index (χ1) is 19.8. The molecular weight excluding hydrogens is 488 g/mol. The minimum atomic E-state index is 0.821. The van der Waals surface area contributed by atoms with Crippen molar-refractivity contribution in [3.05, 3.63) is 146 Å². The maximum atomic E-state index is 6.28. The van der Waals surface area contributed by atoms with Crippen LogP contribution in [0.4, 0.5) is 17.2 Å². The molecule has 0 unspecified atom stereocenters. The minimum Gasteiger partial charge on any atom is -0.456 e. The Morgan fingerprint density at radius 1 is 0.500 bits per heavy atom. The monoisotopic (exact) mass is 512 g/mol. The predicted molar refractivity (Wildman–Crippen MR) is 167 cm³/mol. The van der Waals surface area contributed by atoms with Gasteiger partial charge in [0, 0.05) is 22.7 Å². The number of rotatable bonds is 4. The molecule has 0 aliphatic heterocycles. The first kappa shape index (κ1) is 22.6. The smallest absolute Gasteiger partial charge is 0.149 e. The normalized spacial score (nSPS) is 11.5. The van der Waals surface area contributed by atoms with Gasteiger partial charge in [0.1, 0.15) is 17.0 Å². The van der Waals surface area contributed by atoms with Crippen LogP contribution in [-0.4, -0.2) is 4.98 Å². The summed E-state index contributed by atoms with van der Waals surface area (Å²) in [6, 6.07) is 48.9. The van der Waals surface area contributed by atoms with Gasteiger partial charge in [-0.2, -0.15) is 0 Å². The fraction of sp³-hybridized carbons (Fsp3) is 0. The van der Waals surface area contributed by atoms with Gasteiger partial charge in [0.05, 0.1) is 11.1 Å². The second-order valence-corrected chi connectivity index (χ2v) is 10.0. The molecule has 0 radical (unpaired) electrons.